The van der Waals surface area contributed by atoms with Crippen molar-refractivity contribution in [3.05, 3.63) is 65.2 Å². The Morgan fingerprint density at radius 2 is 1.82 bits per heavy atom. The quantitative estimate of drug-likeness (QED) is 0.855. The number of ketones is 1. The van der Waals surface area contributed by atoms with Crippen LogP contribution in [0.4, 0.5) is 14.5 Å². The SMILES string of the molecule is CC(=O)c1ccccc1NC(=O)CCc1cc(F)ccc1F. The van der Waals surface area contributed by atoms with Gasteiger partial charge in [0.1, 0.15) is 11.6 Å². The maximum Gasteiger partial charge on any atom is 0.224 e. The molecule has 2 aromatic carbocycles. The zero-order valence-electron chi connectivity index (χ0n) is 12.0. The van der Waals surface area contributed by atoms with Gasteiger partial charge < -0.3 is 5.32 Å². The molecule has 114 valence electrons. The minimum Gasteiger partial charge on any atom is -0.325 e. The summed E-state index contributed by atoms with van der Waals surface area (Å²) in [6, 6.07) is 9.78. The maximum atomic E-state index is 13.5. The van der Waals surface area contributed by atoms with Gasteiger partial charge in [-0.25, -0.2) is 8.78 Å². The number of carbonyl (C=O) groups is 2. The molecule has 0 radical (unpaired) electrons. The largest absolute Gasteiger partial charge is 0.325 e. The van der Waals surface area contributed by atoms with Crippen molar-refractivity contribution in [3.8, 4) is 0 Å². The third-order valence-corrected chi connectivity index (χ3v) is 3.21. The third-order valence-electron chi connectivity index (χ3n) is 3.21. The van der Waals surface area contributed by atoms with E-state index in [0.717, 1.165) is 18.2 Å². The van der Waals surface area contributed by atoms with Crippen molar-refractivity contribution in [1.29, 1.82) is 0 Å². The number of para-hydroxylation sites is 1. The van der Waals surface area contributed by atoms with Gasteiger partial charge in [0, 0.05) is 12.0 Å². The van der Waals surface area contributed by atoms with Crippen molar-refractivity contribution in [2.75, 3.05) is 5.32 Å². The number of halogens is 2. The average Bonchev–Trinajstić information content (AvgIpc) is 2.48. The predicted molar refractivity (Wildman–Crippen MR) is 79.8 cm³/mol. The van der Waals surface area contributed by atoms with Crippen LogP contribution in [0, 0.1) is 11.6 Å². The van der Waals surface area contributed by atoms with Gasteiger partial charge in [0.05, 0.1) is 5.69 Å². The van der Waals surface area contributed by atoms with Crippen molar-refractivity contribution in [3.63, 3.8) is 0 Å². The zero-order valence-corrected chi connectivity index (χ0v) is 12.0. The summed E-state index contributed by atoms with van der Waals surface area (Å²) in [5.41, 5.74) is 0.975. The lowest BCUT2D eigenvalue weighted by Gasteiger charge is -2.09. The van der Waals surface area contributed by atoms with E-state index in [-0.39, 0.29) is 30.1 Å². The van der Waals surface area contributed by atoms with E-state index < -0.39 is 11.6 Å². The summed E-state index contributed by atoms with van der Waals surface area (Å²) >= 11 is 0. The summed E-state index contributed by atoms with van der Waals surface area (Å²) < 4.78 is 26.5. The highest BCUT2D eigenvalue weighted by Gasteiger charge is 2.11. The van der Waals surface area contributed by atoms with Crippen LogP contribution in [-0.4, -0.2) is 11.7 Å². The molecule has 0 atom stereocenters. The average molecular weight is 303 g/mol. The van der Waals surface area contributed by atoms with Crippen LogP contribution in [0.1, 0.15) is 29.3 Å². The van der Waals surface area contributed by atoms with Crippen LogP contribution in [0.15, 0.2) is 42.5 Å². The summed E-state index contributed by atoms with van der Waals surface area (Å²) in [5, 5.41) is 2.62. The fraction of sp³-hybridized carbons (Fsp3) is 0.176. The van der Waals surface area contributed by atoms with Crippen LogP contribution >= 0.6 is 0 Å². The van der Waals surface area contributed by atoms with Crippen LogP contribution in [0.5, 0.6) is 0 Å². The molecule has 2 rings (SSSR count). The highest BCUT2D eigenvalue weighted by atomic mass is 19.1. The Kier molecular flexibility index (Phi) is 4.99. The molecule has 0 aromatic heterocycles. The number of aryl methyl sites for hydroxylation is 1. The Bertz CT molecular complexity index is 714. The summed E-state index contributed by atoms with van der Waals surface area (Å²) in [6.07, 6.45) is 0.0737. The monoisotopic (exact) mass is 303 g/mol. The molecule has 1 N–H and O–H groups in total. The van der Waals surface area contributed by atoms with Gasteiger partial charge in [0.2, 0.25) is 5.91 Å². The topological polar surface area (TPSA) is 46.2 Å². The smallest absolute Gasteiger partial charge is 0.224 e. The third kappa shape index (κ3) is 3.97. The van der Waals surface area contributed by atoms with Gasteiger partial charge in [-0.15, -0.1) is 0 Å². The molecular weight excluding hydrogens is 288 g/mol. The van der Waals surface area contributed by atoms with Crippen LogP contribution in [0.2, 0.25) is 0 Å². The summed E-state index contributed by atoms with van der Waals surface area (Å²) in [6.45, 7) is 1.41. The fourth-order valence-corrected chi connectivity index (χ4v) is 2.09. The van der Waals surface area contributed by atoms with E-state index in [1.165, 1.54) is 6.92 Å². The molecule has 0 aliphatic rings. The predicted octanol–water partition coefficient (Wildman–Crippen LogP) is 3.74. The van der Waals surface area contributed by atoms with E-state index in [9.17, 15) is 18.4 Å². The number of Topliss-reactive ketones (excluding diaryl/α,β-unsaturated/α-hetero) is 1. The van der Waals surface area contributed by atoms with Crippen molar-refractivity contribution in [2.45, 2.75) is 19.8 Å². The highest BCUT2D eigenvalue weighted by Crippen LogP contribution is 2.17. The first-order valence-electron chi connectivity index (χ1n) is 6.81. The van der Waals surface area contributed by atoms with Crippen LogP contribution in [0.3, 0.4) is 0 Å². The molecule has 1 amide bonds. The van der Waals surface area contributed by atoms with E-state index in [1.807, 2.05) is 0 Å². The Morgan fingerprint density at radius 1 is 1.09 bits per heavy atom. The number of hydrogen-bond donors (Lipinski definition) is 1. The van der Waals surface area contributed by atoms with Crippen LogP contribution < -0.4 is 5.32 Å². The lowest BCUT2D eigenvalue weighted by molar-refractivity contribution is -0.116. The number of rotatable bonds is 5. The summed E-state index contributed by atoms with van der Waals surface area (Å²) in [5.74, 6) is -1.61. The maximum absolute atomic E-state index is 13.5. The molecule has 0 spiro atoms. The second-order valence-electron chi connectivity index (χ2n) is 4.89. The second kappa shape index (κ2) is 6.93. The minimum atomic E-state index is -0.543. The molecule has 22 heavy (non-hydrogen) atoms. The van der Waals surface area contributed by atoms with Crippen LogP contribution in [0.25, 0.3) is 0 Å². The van der Waals surface area contributed by atoms with Gasteiger partial charge >= 0.3 is 0 Å². The number of anilines is 1. The number of amides is 1. The molecule has 0 unspecified atom stereocenters. The molecule has 5 heteroatoms. The summed E-state index contributed by atoms with van der Waals surface area (Å²) in [7, 11) is 0. The van der Waals surface area contributed by atoms with E-state index >= 15 is 0 Å². The molecule has 0 aliphatic heterocycles. The number of carbonyl (C=O) groups excluding carboxylic acids is 2. The second-order valence-corrected chi connectivity index (χ2v) is 4.89. The Hall–Kier alpha value is -2.56. The van der Waals surface area contributed by atoms with Gasteiger partial charge in [0.25, 0.3) is 0 Å². The minimum absolute atomic E-state index is 0.00733. The van der Waals surface area contributed by atoms with Gasteiger partial charge in [-0.1, -0.05) is 12.1 Å². The molecule has 2 aromatic rings. The first kappa shape index (κ1) is 15.8. The molecule has 0 aliphatic carbocycles. The fourth-order valence-electron chi connectivity index (χ4n) is 2.09. The zero-order chi connectivity index (χ0) is 16.1. The Morgan fingerprint density at radius 3 is 2.55 bits per heavy atom. The number of nitrogens with one attached hydrogen (secondary N) is 1. The molecule has 0 fully saturated rings. The summed E-state index contributed by atoms with van der Waals surface area (Å²) in [4.78, 5) is 23.4. The lowest BCUT2D eigenvalue weighted by atomic mass is 10.1. The normalized spacial score (nSPS) is 10.3. The van der Waals surface area contributed by atoms with Crippen molar-refractivity contribution in [1.82, 2.24) is 0 Å². The van der Waals surface area contributed by atoms with E-state index in [0.29, 0.717) is 11.3 Å². The number of hydrogen-bond acceptors (Lipinski definition) is 2. The first-order chi connectivity index (χ1) is 10.5. The van der Waals surface area contributed by atoms with Gasteiger partial charge in [-0.3, -0.25) is 9.59 Å². The molecule has 0 saturated heterocycles. The van der Waals surface area contributed by atoms with Crippen molar-refractivity contribution < 1.29 is 18.4 Å². The van der Waals surface area contributed by atoms with Crippen molar-refractivity contribution in [2.24, 2.45) is 0 Å². The Labute approximate surface area is 127 Å². The Balaban J connectivity index is 2.02. The van der Waals surface area contributed by atoms with Gasteiger partial charge in [0.15, 0.2) is 5.78 Å². The standard InChI is InChI=1S/C17H15F2NO2/c1-11(21)14-4-2-3-5-16(14)20-17(22)9-6-12-10-13(18)7-8-15(12)19/h2-5,7-8,10H,6,9H2,1H3,(H,20,22). The van der Waals surface area contributed by atoms with Crippen LogP contribution in [-0.2, 0) is 11.2 Å². The highest BCUT2D eigenvalue weighted by molar-refractivity contribution is 6.03. The number of benzene rings is 2. The molecule has 0 bridgehead atoms. The molecular formula is C17H15F2NO2. The van der Waals surface area contributed by atoms with E-state index in [2.05, 4.69) is 5.32 Å². The molecule has 3 nitrogen and oxygen atoms in total. The van der Waals surface area contributed by atoms with E-state index in [1.54, 1.807) is 24.3 Å². The lowest BCUT2D eigenvalue weighted by Crippen LogP contribution is -2.15. The van der Waals surface area contributed by atoms with E-state index in [4.69, 9.17) is 0 Å². The van der Waals surface area contributed by atoms with Gasteiger partial charge in [-0.05, 0) is 49.2 Å². The van der Waals surface area contributed by atoms with Gasteiger partial charge in [-0.2, -0.15) is 0 Å². The first-order valence-corrected chi connectivity index (χ1v) is 6.81. The van der Waals surface area contributed by atoms with Crippen molar-refractivity contribution >= 4 is 17.4 Å². The molecule has 0 saturated carbocycles. The molecule has 0 heterocycles.